The van der Waals surface area contributed by atoms with Crippen LogP contribution in [0.3, 0.4) is 0 Å². The lowest BCUT2D eigenvalue weighted by Crippen LogP contribution is -2.54. The summed E-state index contributed by atoms with van der Waals surface area (Å²) in [7, 11) is -7.57. The highest BCUT2D eigenvalue weighted by molar-refractivity contribution is 7.96. The number of hydrogen-bond acceptors (Lipinski definition) is 6. The Morgan fingerprint density at radius 1 is 1.15 bits per heavy atom. The molecule has 0 unspecified atom stereocenters. The van der Waals surface area contributed by atoms with E-state index in [2.05, 4.69) is 11.8 Å². The summed E-state index contributed by atoms with van der Waals surface area (Å²) in [6.45, 7) is 7.45. The van der Waals surface area contributed by atoms with Gasteiger partial charge in [-0.15, -0.1) is 0 Å². The Labute approximate surface area is 154 Å². The highest BCUT2D eigenvalue weighted by Crippen LogP contribution is 2.31. The number of halogens is 1. The fraction of sp³-hybridized carbons (Fsp3) is 0.647. The predicted molar refractivity (Wildman–Crippen MR) is 98.2 cm³/mol. The summed E-state index contributed by atoms with van der Waals surface area (Å²) in [5, 5.41) is -1.13. The van der Waals surface area contributed by atoms with Crippen LogP contribution in [0, 0.1) is 12.7 Å². The highest BCUT2D eigenvalue weighted by Gasteiger charge is 2.49. The molecule has 9 heteroatoms. The van der Waals surface area contributed by atoms with Crippen LogP contribution in [0.2, 0.25) is 0 Å². The van der Waals surface area contributed by atoms with E-state index in [0.29, 0.717) is 18.7 Å². The first-order valence-electron chi connectivity index (χ1n) is 8.81. The van der Waals surface area contributed by atoms with Crippen LogP contribution in [0.5, 0.6) is 0 Å². The fourth-order valence-corrected chi connectivity index (χ4v) is 8.82. The molecule has 2 saturated heterocycles. The summed E-state index contributed by atoms with van der Waals surface area (Å²) < 4.78 is 65.0. The molecule has 0 amide bonds. The Hall–Kier alpha value is -1.03. The van der Waals surface area contributed by atoms with Crippen molar-refractivity contribution in [1.82, 2.24) is 9.80 Å². The van der Waals surface area contributed by atoms with Gasteiger partial charge in [-0.1, -0.05) is 13.0 Å². The number of piperazine rings is 1. The Morgan fingerprint density at radius 2 is 1.81 bits per heavy atom. The zero-order chi connectivity index (χ0) is 19.1. The largest absolute Gasteiger partial charge is 0.301 e. The van der Waals surface area contributed by atoms with Gasteiger partial charge in [0.1, 0.15) is 10.7 Å². The van der Waals surface area contributed by atoms with Crippen molar-refractivity contribution < 1.29 is 21.2 Å². The monoisotopic (exact) mass is 404 g/mol. The second-order valence-corrected chi connectivity index (χ2v) is 11.4. The minimum Gasteiger partial charge on any atom is -0.301 e. The Bertz CT molecular complexity index is 878. The van der Waals surface area contributed by atoms with Crippen molar-refractivity contribution in [2.75, 3.05) is 44.2 Å². The van der Waals surface area contributed by atoms with Crippen LogP contribution in [0.15, 0.2) is 23.1 Å². The molecule has 0 saturated carbocycles. The maximum absolute atomic E-state index is 14.2. The molecule has 26 heavy (non-hydrogen) atoms. The molecular weight excluding hydrogens is 379 g/mol. The maximum Gasteiger partial charge on any atom is 0.186 e. The van der Waals surface area contributed by atoms with Crippen molar-refractivity contribution in [3.05, 3.63) is 29.6 Å². The van der Waals surface area contributed by atoms with Gasteiger partial charge in [-0.05, 0) is 31.2 Å². The lowest BCUT2D eigenvalue weighted by Gasteiger charge is -2.39. The average Bonchev–Trinajstić information content (AvgIpc) is 2.93. The van der Waals surface area contributed by atoms with Crippen molar-refractivity contribution in [2.45, 2.75) is 30.0 Å². The minimum atomic E-state index is -4.09. The first-order chi connectivity index (χ1) is 12.1. The predicted octanol–water partition coefficient (Wildman–Crippen LogP) is 0.711. The van der Waals surface area contributed by atoms with Crippen LogP contribution in [0.25, 0.3) is 0 Å². The molecule has 0 radical (unpaired) electrons. The maximum atomic E-state index is 14.2. The first kappa shape index (κ1) is 19.7. The molecule has 0 aliphatic carbocycles. The molecule has 0 N–H and O–H groups in total. The number of sulfone groups is 2. The summed E-state index contributed by atoms with van der Waals surface area (Å²) in [4.78, 5) is 3.80. The summed E-state index contributed by atoms with van der Waals surface area (Å²) in [6.07, 6.45) is 0. The van der Waals surface area contributed by atoms with E-state index in [1.54, 1.807) is 6.92 Å². The minimum absolute atomic E-state index is 0.184. The van der Waals surface area contributed by atoms with Crippen LogP contribution in [-0.2, 0) is 19.7 Å². The Kier molecular flexibility index (Phi) is 5.45. The van der Waals surface area contributed by atoms with Gasteiger partial charge in [0.2, 0.25) is 0 Å². The van der Waals surface area contributed by atoms with Gasteiger partial charge in [-0.3, -0.25) is 4.90 Å². The van der Waals surface area contributed by atoms with E-state index in [4.69, 9.17) is 0 Å². The molecule has 0 aromatic heterocycles. The lowest BCUT2D eigenvalue weighted by molar-refractivity contribution is 0.109. The first-order valence-corrected chi connectivity index (χ1v) is 12.2. The van der Waals surface area contributed by atoms with Gasteiger partial charge in [0.15, 0.2) is 19.7 Å². The van der Waals surface area contributed by atoms with E-state index in [1.165, 1.54) is 12.1 Å². The third-order valence-electron chi connectivity index (χ3n) is 5.39. The third-order valence-corrected chi connectivity index (χ3v) is 9.52. The smallest absolute Gasteiger partial charge is 0.186 e. The topological polar surface area (TPSA) is 74.8 Å². The van der Waals surface area contributed by atoms with Crippen molar-refractivity contribution in [3.8, 4) is 0 Å². The zero-order valence-electron chi connectivity index (χ0n) is 15.1. The lowest BCUT2D eigenvalue weighted by atomic mass is 10.2. The van der Waals surface area contributed by atoms with Crippen molar-refractivity contribution in [1.29, 1.82) is 0 Å². The average molecular weight is 405 g/mol. The normalized spacial score (nSPS) is 27.7. The fourth-order valence-electron chi connectivity index (χ4n) is 3.84. The van der Waals surface area contributed by atoms with E-state index in [9.17, 15) is 21.2 Å². The van der Waals surface area contributed by atoms with Crippen molar-refractivity contribution in [2.24, 2.45) is 0 Å². The van der Waals surface area contributed by atoms with E-state index in [-0.39, 0.29) is 5.75 Å². The van der Waals surface area contributed by atoms with Crippen LogP contribution in [0.1, 0.15) is 12.5 Å². The number of likely N-dealkylation sites (N-methyl/N-ethyl adjacent to an activating group) is 1. The molecule has 0 bridgehead atoms. The molecule has 0 spiro atoms. The van der Waals surface area contributed by atoms with Crippen LogP contribution in [-0.4, -0.2) is 82.2 Å². The van der Waals surface area contributed by atoms with E-state index in [0.717, 1.165) is 25.7 Å². The van der Waals surface area contributed by atoms with E-state index < -0.39 is 47.4 Å². The molecule has 2 aliphatic heterocycles. The quantitative estimate of drug-likeness (QED) is 0.736. The van der Waals surface area contributed by atoms with Crippen LogP contribution < -0.4 is 0 Å². The second-order valence-electron chi connectivity index (χ2n) is 7.13. The molecule has 2 aliphatic rings. The second kappa shape index (κ2) is 7.18. The Balaban J connectivity index is 1.94. The van der Waals surface area contributed by atoms with Gasteiger partial charge in [0, 0.05) is 32.2 Å². The van der Waals surface area contributed by atoms with Gasteiger partial charge < -0.3 is 4.90 Å². The SMILES string of the molecule is CCN1CCN([C@H]2CS(=O)(=O)C[C@@H]2S(=O)(=O)c2cc(C)ccc2F)CC1. The van der Waals surface area contributed by atoms with Crippen LogP contribution in [0.4, 0.5) is 4.39 Å². The molecular formula is C17H25FN2O4S2. The molecule has 146 valence electrons. The Morgan fingerprint density at radius 3 is 2.42 bits per heavy atom. The van der Waals surface area contributed by atoms with Crippen LogP contribution >= 0.6 is 0 Å². The summed E-state index contributed by atoms with van der Waals surface area (Å²) in [5.74, 6) is -1.45. The molecule has 2 heterocycles. The third kappa shape index (κ3) is 3.81. The van der Waals surface area contributed by atoms with Gasteiger partial charge in [-0.2, -0.15) is 0 Å². The van der Waals surface area contributed by atoms with Crippen molar-refractivity contribution >= 4 is 19.7 Å². The van der Waals surface area contributed by atoms with Gasteiger partial charge in [0.25, 0.3) is 0 Å². The van der Waals surface area contributed by atoms with E-state index >= 15 is 0 Å². The summed E-state index contributed by atoms with van der Waals surface area (Å²) in [6, 6.07) is 3.30. The standard InChI is InChI=1S/C17H25FN2O4S2/c1-3-19-6-8-20(9-7-19)15-11-25(21,22)12-17(15)26(23,24)16-10-13(2)4-5-14(16)18/h4-5,10,15,17H,3,6-9,11-12H2,1-2H3/t15-,17-/m0/s1. The molecule has 6 nitrogen and oxygen atoms in total. The number of benzene rings is 1. The van der Waals surface area contributed by atoms with Gasteiger partial charge in [-0.25, -0.2) is 21.2 Å². The molecule has 2 fully saturated rings. The highest BCUT2D eigenvalue weighted by atomic mass is 32.2. The van der Waals surface area contributed by atoms with E-state index in [1.807, 2.05) is 4.90 Å². The molecule has 1 aromatic carbocycles. The molecule has 1 aromatic rings. The zero-order valence-corrected chi connectivity index (χ0v) is 16.7. The number of nitrogens with zero attached hydrogens (tertiary/aromatic N) is 2. The number of rotatable bonds is 4. The van der Waals surface area contributed by atoms with Crippen molar-refractivity contribution in [3.63, 3.8) is 0 Å². The molecule has 2 atom stereocenters. The summed E-state index contributed by atoms with van der Waals surface area (Å²) in [5.41, 5.74) is 0.624. The number of hydrogen-bond donors (Lipinski definition) is 0. The van der Waals surface area contributed by atoms with Gasteiger partial charge >= 0.3 is 0 Å². The number of aryl methyl sites for hydroxylation is 1. The molecule has 3 rings (SSSR count). The summed E-state index contributed by atoms with van der Waals surface area (Å²) >= 11 is 0. The van der Waals surface area contributed by atoms with Gasteiger partial charge in [0.05, 0.1) is 16.8 Å².